The van der Waals surface area contributed by atoms with E-state index in [1.165, 1.54) is 22.3 Å². The number of carboxylic acids is 1. The Morgan fingerprint density at radius 2 is 1.64 bits per heavy atom. The lowest BCUT2D eigenvalue weighted by atomic mass is 9.70. The molecule has 0 unspecified atom stereocenters. The van der Waals surface area contributed by atoms with E-state index in [1.807, 2.05) is 18.2 Å². The molecule has 0 aromatic heterocycles. The molecule has 0 saturated carbocycles. The fourth-order valence-corrected chi connectivity index (χ4v) is 4.12. The lowest BCUT2D eigenvalue weighted by Gasteiger charge is -2.34. The van der Waals surface area contributed by atoms with Crippen molar-refractivity contribution in [3.63, 3.8) is 0 Å². The molecule has 1 aliphatic rings. The molecule has 2 aromatic carbocycles. The Labute approximate surface area is 168 Å². The number of rotatable bonds is 6. The number of hydrogen-bond donors (Lipinski definition) is 1. The Morgan fingerprint density at radius 1 is 1.04 bits per heavy atom. The molecule has 0 amide bonds. The molecular weight excluding hydrogens is 344 g/mol. The zero-order chi connectivity index (χ0) is 20.3. The molecule has 0 heterocycles. The quantitative estimate of drug-likeness (QED) is 0.550. The second-order valence-electron chi connectivity index (χ2n) is 8.33. The first kappa shape index (κ1) is 20.1. The van der Waals surface area contributed by atoms with Crippen LogP contribution in [0.5, 0.6) is 0 Å². The van der Waals surface area contributed by atoms with Crippen molar-refractivity contribution in [3.8, 4) is 0 Å². The summed E-state index contributed by atoms with van der Waals surface area (Å²) >= 11 is 0. The van der Waals surface area contributed by atoms with Crippen LogP contribution in [0.25, 0.3) is 17.7 Å². The van der Waals surface area contributed by atoms with Crippen LogP contribution < -0.4 is 0 Å². The summed E-state index contributed by atoms with van der Waals surface area (Å²) in [6.45, 7) is 9.20. The SMILES string of the molecule is CCC(CC)C1=CCC(C)(C)c2ccc(/C=C/c3ccc(C(=O)O)cc3)cc21. The zero-order valence-electron chi connectivity index (χ0n) is 17.3. The van der Waals surface area contributed by atoms with Crippen LogP contribution in [0.3, 0.4) is 0 Å². The van der Waals surface area contributed by atoms with Crippen molar-refractivity contribution in [1.82, 2.24) is 0 Å². The molecule has 0 atom stereocenters. The van der Waals surface area contributed by atoms with Crippen LogP contribution in [0.2, 0.25) is 0 Å². The van der Waals surface area contributed by atoms with Crippen molar-refractivity contribution in [2.24, 2.45) is 5.92 Å². The number of benzene rings is 2. The largest absolute Gasteiger partial charge is 0.478 e. The summed E-state index contributed by atoms with van der Waals surface area (Å²) < 4.78 is 0. The van der Waals surface area contributed by atoms with Gasteiger partial charge < -0.3 is 5.11 Å². The fraction of sp³-hybridized carbons (Fsp3) is 0.346. The van der Waals surface area contributed by atoms with Crippen molar-refractivity contribution < 1.29 is 9.90 Å². The molecule has 146 valence electrons. The Hall–Kier alpha value is -2.61. The normalized spacial score (nSPS) is 15.5. The minimum atomic E-state index is -0.895. The molecule has 0 spiro atoms. The van der Waals surface area contributed by atoms with Crippen LogP contribution in [0, 0.1) is 5.92 Å². The van der Waals surface area contributed by atoms with Gasteiger partial charge in [0.05, 0.1) is 5.56 Å². The monoisotopic (exact) mass is 374 g/mol. The molecule has 0 saturated heterocycles. The van der Waals surface area contributed by atoms with Crippen LogP contribution >= 0.6 is 0 Å². The van der Waals surface area contributed by atoms with E-state index in [0.29, 0.717) is 11.5 Å². The van der Waals surface area contributed by atoms with Crippen molar-refractivity contribution in [3.05, 3.63) is 76.4 Å². The molecule has 2 nitrogen and oxygen atoms in total. The highest BCUT2D eigenvalue weighted by molar-refractivity contribution is 5.88. The van der Waals surface area contributed by atoms with E-state index in [-0.39, 0.29) is 5.41 Å². The molecule has 3 rings (SSSR count). The molecule has 28 heavy (non-hydrogen) atoms. The Bertz CT molecular complexity index is 910. The number of allylic oxidation sites excluding steroid dienone is 2. The summed E-state index contributed by atoms with van der Waals surface area (Å²) in [6, 6.07) is 13.8. The van der Waals surface area contributed by atoms with E-state index in [9.17, 15) is 4.79 Å². The van der Waals surface area contributed by atoms with Gasteiger partial charge in [0.1, 0.15) is 0 Å². The van der Waals surface area contributed by atoms with Crippen LogP contribution in [0.4, 0.5) is 0 Å². The predicted octanol–water partition coefficient (Wildman–Crippen LogP) is 7.06. The Kier molecular flexibility index (Phi) is 5.88. The summed E-state index contributed by atoms with van der Waals surface area (Å²) in [5.41, 5.74) is 7.00. The zero-order valence-corrected chi connectivity index (χ0v) is 17.3. The summed E-state index contributed by atoms with van der Waals surface area (Å²) in [6.07, 6.45) is 10.0. The number of carboxylic acid groups (broad SMARTS) is 1. The maximum atomic E-state index is 11.0. The van der Waals surface area contributed by atoms with Crippen LogP contribution in [0.1, 0.15) is 79.6 Å². The van der Waals surface area contributed by atoms with Gasteiger partial charge in [-0.1, -0.05) is 70.2 Å². The summed E-state index contributed by atoms with van der Waals surface area (Å²) in [7, 11) is 0. The fourth-order valence-electron chi connectivity index (χ4n) is 4.12. The van der Waals surface area contributed by atoms with Gasteiger partial charge in [0.15, 0.2) is 0 Å². The summed E-state index contributed by atoms with van der Waals surface area (Å²) in [5.74, 6) is -0.286. The molecule has 0 radical (unpaired) electrons. The Morgan fingerprint density at radius 3 is 2.25 bits per heavy atom. The molecular formula is C26H30O2. The molecule has 0 aliphatic heterocycles. The van der Waals surface area contributed by atoms with Crippen molar-refractivity contribution in [2.45, 2.75) is 52.4 Å². The first-order valence-corrected chi connectivity index (χ1v) is 10.2. The third-order valence-corrected chi connectivity index (χ3v) is 5.97. The van der Waals surface area contributed by atoms with Gasteiger partial charge in [-0.3, -0.25) is 0 Å². The number of fused-ring (bicyclic) bond motifs is 1. The van der Waals surface area contributed by atoms with Crippen molar-refractivity contribution in [1.29, 1.82) is 0 Å². The predicted molar refractivity (Wildman–Crippen MR) is 118 cm³/mol. The van der Waals surface area contributed by atoms with E-state index in [0.717, 1.165) is 24.8 Å². The number of hydrogen-bond acceptors (Lipinski definition) is 1. The maximum absolute atomic E-state index is 11.0. The highest BCUT2D eigenvalue weighted by atomic mass is 16.4. The first-order valence-electron chi connectivity index (χ1n) is 10.2. The molecule has 2 heteroatoms. The molecule has 0 bridgehead atoms. The third-order valence-electron chi connectivity index (χ3n) is 5.97. The van der Waals surface area contributed by atoms with E-state index in [2.05, 4.69) is 58.0 Å². The van der Waals surface area contributed by atoms with Gasteiger partial charge in [0, 0.05) is 0 Å². The van der Waals surface area contributed by atoms with Gasteiger partial charge in [0.25, 0.3) is 0 Å². The average molecular weight is 375 g/mol. The van der Waals surface area contributed by atoms with E-state index in [1.54, 1.807) is 12.1 Å². The minimum Gasteiger partial charge on any atom is -0.478 e. The molecule has 1 aliphatic carbocycles. The third kappa shape index (κ3) is 4.11. The molecule has 1 N–H and O–H groups in total. The van der Waals surface area contributed by atoms with Crippen molar-refractivity contribution >= 4 is 23.7 Å². The lowest BCUT2D eigenvalue weighted by Crippen LogP contribution is -2.23. The molecule has 2 aromatic rings. The van der Waals surface area contributed by atoms with Gasteiger partial charge in [-0.25, -0.2) is 4.79 Å². The van der Waals surface area contributed by atoms with Crippen LogP contribution in [-0.2, 0) is 5.41 Å². The minimum absolute atomic E-state index is 0.166. The van der Waals surface area contributed by atoms with Gasteiger partial charge in [0.2, 0.25) is 0 Å². The standard InChI is InChI=1S/C26H30O2/c1-5-20(6-2)22-15-16-26(3,4)24-14-11-19(17-23(22)24)8-7-18-9-12-21(13-10-18)25(27)28/h7-15,17,20H,5-6,16H2,1-4H3,(H,27,28)/b8-7+. The second kappa shape index (κ2) is 8.18. The topological polar surface area (TPSA) is 37.3 Å². The highest BCUT2D eigenvalue weighted by Crippen LogP contribution is 2.43. The number of carbonyl (C=O) groups is 1. The summed E-state index contributed by atoms with van der Waals surface area (Å²) in [5, 5.41) is 9.03. The maximum Gasteiger partial charge on any atom is 0.335 e. The van der Waals surface area contributed by atoms with Crippen molar-refractivity contribution in [2.75, 3.05) is 0 Å². The number of aromatic carboxylic acids is 1. The van der Waals surface area contributed by atoms with E-state index < -0.39 is 5.97 Å². The van der Waals surface area contributed by atoms with E-state index in [4.69, 9.17) is 5.11 Å². The smallest absolute Gasteiger partial charge is 0.335 e. The highest BCUT2D eigenvalue weighted by Gasteiger charge is 2.29. The first-order chi connectivity index (χ1) is 13.4. The summed E-state index contributed by atoms with van der Waals surface area (Å²) in [4.78, 5) is 11.0. The Balaban J connectivity index is 1.93. The van der Waals surface area contributed by atoms with Gasteiger partial charge in [-0.05, 0) is 76.6 Å². The van der Waals surface area contributed by atoms with Gasteiger partial charge in [-0.15, -0.1) is 0 Å². The van der Waals surface area contributed by atoms with Gasteiger partial charge in [-0.2, -0.15) is 0 Å². The second-order valence-corrected chi connectivity index (χ2v) is 8.33. The van der Waals surface area contributed by atoms with Gasteiger partial charge >= 0.3 is 5.97 Å². The van der Waals surface area contributed by atoms with E-state index >= 15 is 0 Å². The average Bonchev–Trinajstić information content (AvgIpc) is 2.69. The van der Waals surface area contributed by atoms with Crippen LogP contribution in [0.15, 0.2) is 48.5 Å². The lowest BCUT2D eigenvalue weighted by molar-refractivity contribution is 0.0697. The molecule has 0 fully saturated rings. The van der Waals surface area contributed by atoms with Crippen LogP contribution in [-0.4, -0.2) is 11.1 Å².